The molecule has 0 aliphatic rings. The molecule has 0 rings (SSSR count). The molecule has 0 aromatic heterocycles. The van der Waals surface area contributed by atoms with Crippen LogP contribution in [0, 0.1) is 0 Å². The molecular weight excluding hydrogens is 357 g/mol. The van der Waals surface area contributed by atoms with Crippen molar-refractivity contribution in [2.75, 3.05) is 0 Å². The first kappa shape index (κ1) is 23.4. The van der Waals surface area contributed by atoms with Gasteiger partial charge in [0.05, 0.1) is 0 Å². The molecule has 0 N–H and O–H groups in total. The van der Waals surface area contributed by atoms with Crippen LogP contribution in [0.15, 0.2) is 0 Å². The highest BCUT2D eigenvalue weighted by Crippen LogP contribution is 2.28. The van der Waals surface area contributed by atoms with E-state index in [-0.39, 0.29) is 5.78 Å². The van der Waals surface area contributed by atoms with Crippen molar-refractivity contribution in [3.63, 3.8) is 0 Å². The molecule has 0 heterocycles. The van der Waals surface area contributed by atoms with Gasteiger partial charge in [-0.2, -0.15) is 0 Å². The summed E-state index contributed by atoms with van der Waals surface area (Å²) in [5, 5.41) is 0. The Bertz CT molecular complexity index is 388. The highest BCUT2D eigenvalue weighted by atomic mass is 28.5. The van der Waals surface area contributed by atoms with Crippen LogP contribution < -0.4 is 0 Å². The molecule has 0 bridgehead atoms. The van der Waals surface area contributed by atoms with E-state index in [0.717, 1.165) is 18.9 Å². The van der Waals surface area contributed by atoms with Crippen molar-refractivity contribution < 1.29 is 17.1 Å². The van der Waals surface area contributed by atoms with E-state index in [1.165, 1.54) is 0 Å². The van der Waals surface area contributed by atoms with Crippen molar-refractivity contribution in [1.29, 1.82) is 0 Å². The minimum Gasteiger partial charge on any atom is -0.437 e. The van der Waals surface area contributed by atoms with E-state index >= 15 is 0 Å². The van der Waals surface area contributed by atoms with E-state index in [2.05, 4.69) is 58.9 Å². The summed E-state index contributed by atoms with van der Waals surface area (Å²) in [6.45, 7) is 21.4. The Kier molecular flexibility index (Phi) is 8.84. The van der Waals surface area contributed by atoms with Crippen LogP contribution in [0.3, 0.4) is 0 Å². The molecule has 1 atom stereocenters. The maximum atomic E-state index is 11.1. The van der Waals surface area contributed by atoms with E-state index in [1.807, 2.05) is 0 Å². The number of rotatable bonds is 11. The summed E-state index contributed by atoms with van der Waals surface area (Å²) in [7, 11) is -7.80. The summed E-state index contributed by atoms with van der Waals surface area (Å²) in [5.41, 5.74) is 0. The molecule has 8 heteroatoms. The van der Waals surface area contributed by atoms with Crippen molar-refractivity contribution in [1.82, 2.24) is 0 Å². The molecule has 138 valence electrons. The van der Waals surface area contributed by atoms with Gasteiger partial charge < -0.3 is 17.1 Å². The number of Topliss-reactive ketones (excluding diaryl/α,β-unsaturated/α-hetero) is 1. The molecule has 0 aromatic rings. The standard InChI is InChI=1S/C15H38O4Si4/c1-15(16)13-11-12-14-23(10,18-21(5,6)7)19-22(8,9)17-20(2,3)4/h11-14H2,1-10H3. The number of carbonyl (C=O) groups excluding carboxylic acids is 1. The molecule has 0 amide bonds. The van der Waals surface area contributed by atoms with E-state index in [0.29, 0.717) is 6.42 Å². The van der Waals surface area contributed by atoms with Crippen LogP contribution in [-0.2, 0) is 17.1 Å². The fraction of sp³-hybridized carbons (Fsp3) is 0.933. The summed E-state index contributed by atoms with van der Waals surface area (Å²) in [4.78, 5) is 11.1. The molecule has 0 fully saturated rings. The summed E-state index contributed by atoms with van der Waals surface area (Å²) in [5.74, 6) is 0.261. The van der Waals surface area contributed by atoms with E-state index in [1.54, 1.807) is 6.92 Å². The second-order valence-corrected chi connectivity index (χ2v) is 25.4. The molecule has 23 heavy (non-hydrogen) atoms. The lowest BCUT2D eigenvalue weighted by atomic mass is 10.2. The predicted octanol–water partition coefficient (Wildman–Crippen LogP) is 5.24. The quantitative estimate of drug-likeness (QED) is 0.355. The van der Waals surface area contributed by atoms with Gasteiger partial charge in [-0.1, -0.05) is 6.42 Å². The summed E-state index contributed by atoms with van der Waals surface area (Å²) in [6.07, 6.45) is 2.57. The van der Waals surface area contributed by atoms with Crippen molar-refractivity contribution in [3.8, 4) is 0 Å². The Balaban J connectivity index is 4.94. The zero-order chi connectivity index (χ0) is 18.5. The Morgan fingerprint density at radius 3 is 1.61 bits per heavy atom. The van der Waals surface area contributed by atoms with Gasteiger partial charge in [-0.05, 0) is 78.3 Å². The molecule has 1 unspecified atom stereocenters. The van der Waals surface area contributed by atoms with Gasteiger partial charge in [-0.3, -0.25) is 0 Å². The van der Waals surface area contributed by atoms with Crippen molar-refractivity contribution >= 4 is 39.5 Å². The van der Waals surface area contributed by atoms with Crippen molar-refractivity contribution in [2.45, 2.75) is 91.2 Å². The Morgan fingerprint density at radius 2 is 1.22 bits per heavy atom. The molecule has 0 aromatic carbocycles. The maximum Gasteiger partial charge on any atom is 0.315 e. The van der Waals surface area contributed by atoms with Gasteiger partial charge in [0.15, 0.2) is 16.6 Å². The van der Waals surface area contributed by atoms with Crippen LogP contribution in [0.25, 0.3) is 0 Å². The van der Waals surface area contributed by atoms with E-state index < -0.39 is 33.8 Å². The van der Waals surface area contributed by atoms with Gasteiger partial charge in [0.2, 0.25) is 0 Å². The fourth-order valence-electron chi connectivity index (χ4n) is 2.87. The second-order valence-electron chi connectivity index (χ2n) is 8.97. The van der Waals surface area contributed by atoms with Gasteiger partial charge in [-0.25, -0.2) is 0 Å². The molecule has 0 aliphatic carbocycles. The number of hydrogen-bond acceptors (Lipinski definition) is 4. The summed E-state index contributed by atoms with van der Waals surface area (Å²) >= 11 is 0. The van der Waals surface area contributed by atoms with Crippen molar-refractivity contribution in [3.05, 3.63) is 0 Å². The van der Waals surface area contributed by atoms with Gasteiger partial charge in [0.1, 0.15) is 5.78 Å². The third-order valence-corrected chi connectivity index (χ3v) is 16.5. The third-order valence-electron chi connectivity index (χ3n) is 2.95. The smallest absolute Gasteiger partial charge is 0.315 e. The average Bonchev–Trinajstić information content (AvgIpc) is 2.16. The lowest BCUT2D eigenvalue weighted by Gasteiger charge is -2.41. The first-order chi connectivity index (χ1) is 10.0. The predicted molar refractivity (Wildman–Crippen MR) is 108 cm³/mol. The van der Waals surface area contributed by atoms with Crippen LogP contribution in [-0.4, -0.2) is 39.5 Å². The average molecular weight is 395 g/mol. The van der Waals surface area contributed by atoms with Crippen LogP contribution in [0.5, 0.6) is 0 Å². The lowest BCUT2D eigenvalue weighted by Crippen LogP contribution is -2.56. The minimum atomic E-state index is -2.28. The molecule has 0 radical (unpaired) electrons. The molecular formula is C15H38O4Si4. The Hall–Kier alpha value is 0.418. The molecule has 4 nitrogen and oxygen atoms in total. The monoisotopic (exact) mass is 394 g/mol. The first-order valence-electron chi connectivity index (χ1n) is 8.64. The molecule has 0 spiro atoms. The van der Waals surface area contributed by atoms with Crippen LogP contribution >= 0.6 is 0 Å². The van der Waals surface area contributed by atoms with Gasteiger partial charge >= 0.3 is 17.1 Å². The largest absolute Gasteiger partial charge is 0.437 e. The SMILES string of the molecule is CC(=O)CCCC[Si](C)(O[Si](C)(C)C)O[Si](C)(C)O[Si](C)(C)C. The highest BCUT2D eigenvalue weighted by Gasteiger charge is 2.44. The molecule has 0 aliphatic heterocycles. The minimum absolute atomic E-state index is 0.261. The van der Waals surface area contributed by atoms with Crippen LogP contribution in [0.1, 0.15) is 26.2 Å². The highest BCUT2D eigenvalue weighted by molar-refractivity contribution is 6.89. The summed E-state index contributed by atoms with van der Waals surface area (Å²) in [6, 6.07) is 0.941. The van der Waals surface area contributed by atoms with Crippen LogP contribution in [0.2, 0.25) is 65.0 Å². The zero-order valence-electron chi connectivity index (χ0n) is 17.0. The molecule has 0 saturated heterocycles. The first-order valence-corrected chi connectivity index (χ1v) is 20.8. The topological polar surface area (TPSA) is 44.8 Å². The summed E-state index contributed by atoms with van der Waals surface area (Å²) < 4.78 is 19.5. The lowest BCUT2D eigenvalue weighted by molar-refractivity contribution is -0.117. The zero-order valence-corrected chi connectivity index (χ0v) is 21.0. The number of unbranched alkanes of at least 4 members (excludes halogenated alkanes) is 1. The van der Waals surface area contributed by atoms with E-state index in [4.69, 9.17) is 12.3 Å². The van der Waals surface area contributed by atoms with Gasteiger partial charge in [-0.15, -0.1) is 0 Å². The van der Waals surface area contributed by atoms with Crippen LogP contribution in [0.4, 0.5) is 0 Å². The number of carbonyl (C=O) groups is 1. The maximum absolute atomic E-state index is 11.1. The van der Waals surface area contributed by atoms with Gasteiger partial charge in [0, 0.05) is 6.42 Å². The second kappa shape index (κ2) is 8.68. The Morgan fingerprint density at radius 1 is 0.739 bits per heavy atom. The number of hydrogen-bond donors (Lipinski definition) is 0. The molecule has 0 saturated carbocycles. The third kappa shape index (κ3) is 13.4. The fourth-order valence-corrected chi connectivity index (χ4v) is 20.9. The Labute approximate surface area is 148 Å². The van der Waals surface area contributed by atoms with Gasteiger partial charge in [0.25, 0.3) is 0 Å². The number of ketones is 1. The van der Waals surface area contributed by atoms with E-state index in [9.17, 15) is 4.79 Å². The van der Waals surface area contributed by atoms with Crippen molar-refractivity contribution in [2.24, 2.45) is 0 Å². The normalized spacial score (nSPS) is 16.3.